The fourth-order valence-corrected chi connectivity index (χ4v) is 3.40. The Balaban J connectivity index is 1.74. The first-order valence-corrected chi connectivity index (χ1v) is 9.60. The van der Waals surface area contributed by atoms with Crippen molar-refractivity contribution < 1.29 is 27.6 Å². The number of nitro groups is 1. The van der Waals surface area contributed by atoms with Gasteiger partial charge in [-0.3, -0.25) is 15.1 Å². The Morgan fingerprint density at radius 1 is 1.03 bits per heavy atom. The molecule has 0 spiro atoms. The predicted octanol–water partition coefficient (Wildman–Crippen LogP) is 3.60. The lowest BCUT2D eigenvalue weighted by Gasteiger charge is -2.35. The molecule has 0 amide bonds. The molecule has 0 saturated heterocycles. The van der Waals surface area contributed by atoms with E-state index in [1.807, 2.05) is 0 Å². The molecule has 9 nitrogen and oxygen atoms in total. The summed E-state index contributed by atoms with van der Waals surface area (Å²) in [6.07, 6.45) is 2.04. The average Bonchev–Trinajstić information content (AvgIpc) is 3.32. The molecule has 34 heavy (non-hydrogen) atoms. The lowest BCUT2D eigenvalue weighted by molar-refractivity contribution is -0.384. The van der Waals surface area contributed by atoms with E-state index in [1.54, 1.807) is 0 Å². The Morgan fingerprint density at radius 2 is 1.74 bits per heavy atom. The van der Waals surface area contributed by atoms with Gasteiger partial charge in [0.1, 0.15) is 23.7 Å². The molecule has 1 atom stereocenters. The maximum Gasteiger partial charge on any atom is 0.323 e. The maximum atomic E-state index is 15.7. The lowest BCUT2D eigenvalue weighted by Crippen LogP contribution is -2.48. The number of benzene rings is 2. The molecule has 2 aromatic heterocycles. The zero-order valence-corrected chi connectivity index (χ0v) is 17.0. The van der Waals surface area contributed by atoms with Crippen LogP contribution in [0.2, 0.25) is 0 Å². The Morgan fingerprint density at radius 3 is 2.29 bits per heavy atom. The number of hydrogen-bond donors (Lipinski definition) is 1. The van der Waals surface area contributed by atoms with E-state index in [1.165, 1.54) is 30.3 Å². The minimum atomic E-state index is -4.19. The van der Waals surface area contributed by atoms with E-state index in [-0.39, 0.29) is 5.69 Å². The van der Waals surface area contributed by atoms with Crippen molar-refractivity contribution in [2.75, 3.05) is 0 Å². The molecule has 174 valence electrons. The summed E-state index contributed by atoms with van der Waals surface area (Å²) in [7, 11) is 0. The summed E-state index contributed by atoms with van der Waals surface area (Å²) in [6.45, 7) is -0.971. The molecule has 0 bridgehead atoms. The quantitative estimate of drug-likeness (QED) is 0.247. The van der Waals surface area contributed by atoms with Crippen LogP contribution >= 0.6 is 0 Å². The molecule has 2 aromatic carbocycles. The van der Waals surface area contributed by atoms with Crippen LogP contribution in [0, 0.1) is 21.7 Å². The third-order valence-corrected chi connectivity index (χ3v) is 5.18. The van der Waals surface area contributed by atoms with Crippen LogP contribution in [0.25, 0.3) is 11.1 Å². The van der Waals surface area contributed by atoms with Gasteiger partial charge in [0.15, 0.2) is 5.60 Å². The van der Waals surface area contributed by atoms with E-state index in [9.17, 15) is 24.0 Å². The molecule has 4 rings (SSSR count). The van der Waals surface area contributed by atoms with Crippen LogP contribution in [-0.4, -0.2) is 35.2 Å². The first-order chi connectivity index (χ1) is 16.1. The Labute approximate surface area is 188 Å². The summed E-state index contributed by atoms with van der Waals surface area (Å²) in [5, 5.41) is 32.0. The van der Waals surface area contributed by atoms with Crippen molar-refractivity contribution in [1.82, 2.24) is 25.2 Å². The number of aromatic nitrogens is 5. The number of rotatable bonds is 7. The third kappa shape index (κ3) is 4.08. The normalized spacial score (nSPS) is 13.4. The molecule has 0 fully saturated rings. The SMILES string of the molecule is O=[N+]([O-])c1ccc(-c2ccc(C(F)(F)C(O)(Cn3cnnn3)c3ccc(F)cc3F)nc2)cc1. The van der Waals surface area contributed by atoms with Crippen molar-refractivity contribution in [2.24, 2.45) is 0 Å². The molecule has 0 saturated carbocycles. The van der Waals surface area contributed by atoms with Crippen LogP contribution in [0.3, 0.4) is 0 Å². The molecule has 4 aromatic rings. The van der Waals surface area contributed by atoms with Crippen molar-refractivity contribution in [3.8, 4) is 11.1 Å². The van der Waals surface area contributed by atoms with E-state index in [4.69, 9.17) is 0 Å². The van der Waals surface area contributed by atoms with Gasteiger partial charge in [0.05, 0.1) is 11.5 Å². The summed E-state index contributed by atoms with van der Waals surface area (Å²) in [5.74, 6) is -6.59. The number of aliphatic hydroxyl groups is 1. The summed E-state index contributed by atoms with van der Waals surface area (Å²) < 4.78 is 60.1. The van der Waals surface area contributed by atoms with Gasteiger partial charge in [-0.2, -0.15) is 8.78 Å². The summed E-state index contributed by atoms with van der Waals surface area (Å²) in [4.78, 5) is 14.0. The first-order valence-electron chi connectivity index (χ1n) is 9.60. The van der Waals surface area contributed by atoms with Gasteiger partial charge in [0.25, 0.3) is 5.69 Å². The smallest absolute Gasteiger partial charge is 0.323 e. The monoisotopic (exact) mass is 474 g/mol. The maximum absolute atomic E-state index is 15.7. The zero-order chi connectivity index (χ0) is 24.5. The highest BCUT2D eigenvalue weighted by Gasteiger charge is 2.58. The highest BCUT2D eigenvalue weighted by Crippen LogP contribution is 2.46. The molecule has 0 aliphatic carbocycles. The van der Waals surface area contributed by atoms with Crippen LogP contribution < -0.4 is 0 Å². The lowest BCUT2D eigenvalue weighted by atomic mass is 9.84. The van der Waals surface area contributed by atoms with Crippen LogP contribution in [0.15, 0.2) is 67.1 Å². The molecule has 0 radical (unpaired) electrons. The number of non-ortho nitro benzene ring substituents is 1. The highest BCUT2D eigenvalue weighted by atomic mass is 19.3. The van der Waals surface area contributed by atoms with Gasteiger partial charge < -0.3 is 5.11 Å². The number of pyridine rings is 1. The number of nitro benzene ring substituents is 1. The van der Waals surface area contributed by atoms with Crippen molar-refractivity contribution >= 4 is 5.69 Å². The summed E-state index contributed by atoms with van der Waals surface area (Å²) >= 11 is 0. The number of nitrogens with zero attached hydrogens (tertiary/aromatic N) is 6. The number of alkyl halides is 2. The standard InChI is InChI=1S/C21H14F4N6O3/c22-15-4-7-17(18(23)9-15)20(32,11-30-12-27-28-29-30)21(24,25)19-8-3-14(10-26-19)13-1-5-16(6-2-13)31(33)34/h1-10,12,32H,11H2. The minimum absolute atomic E-state index is 0.145. The van der Waals surface area contributed by atoms with Gasteiger partial charge in [-0.1, -0.05) is 6.07 Å². The van der Waals surface area contributed by atoms with Crippen LogP contribution in [0.1, 0.15) is 11.3 Å². The second-order valence-electron chi connectivity index (χ2n) is 7.30. The second-order valence-corrected chi connectivity index (χ2v) is 7.30. The van der Waals surface area contributed by atoms with E-state index in [0.29, 0.717) is 23.3 Å². The Hall–Kier alpha value is -4.26. The minimum Gasteiger partial charge on any atom is -0.377 e. The fraction of sp³-hybridized carbons (Fsp3) is 0.143. The molecule has 0 aliphatic heterocycles. The van der Waals surface area contributed by atoms with E-state index in [2.05, 4.69) is 20.5 Å². The summed E-state index contributed by atoms with van der Waals surface area (Å²) in [5.41, 5.74) is -4.34. The van der Waals surface area contributed by atoms with Crippen molar-refractivity contribution in [2.45, 2.75) is 18.1 Å². The second kappa shape index (κ2) is 8.59. The topological polar surface area (TPSA) is 120 Å². The number of tetrazole rings is 1. The van der Waals surface area contributed by atoms with Gasteiger partial charge >= 0.3 is 5.92 Å². The predicted molar refractivity (Wildman–Crippen MR) is 108 cm³/mol. The Bertz CT molecular complexity index is 1320. The van der Waals surface area contributed by atoms with Gasteiger partial charge in [0, 0.05) is 35.5 Å². The molecular formula is C21H14F4N6O3. The largest absolute Gasteiger partial charge is 0.377 e. The van der Waals surface area contributed by atoms with Gasteiger partial charge in [0.2, 0.25) is 0 Å². The third-order valence-electron chi connectivity index (χ3n) is 5.18. The molecule has 2 heterocycles. The van der Waals surface area contributed by atoms with E-state index < -0.39 is 45.9 Å². The van der Waals surface area contributed by atoms with Gasteiger partial charge in [-0.05, 0) is 46.3 Å². The Kier molecular flexibility index (Phi) is 5.79. The molecule has 1 unspecified atom stereocenters. The van der Waals surface area contributed by atoms with E-state index >= 15 is 8.78 Å². The van der Waals surface area contributed by atoms with Crippen molar-refractivity contribution in [3.63, 3.8) is 0 Å². The molecule has 13 heteroatoms. The van der Waals surface area contributed by atoms with Crippen LogP contribution in [0.5, 0.6) is 0 Å². The van der Waals surface area contributed by atoms with Crippen LogP contribution in [0.4, 0.5) is 23.2 Å². The summed E-state index contributed by atoms with van der Waals surface area (Å²) in [6, 6.07) is 9.39. The zero-order valence-electron chi connectivity index (χ0n) is 17.0. The molecular weight excluding hydrogens is 460 g/mol. The average molecular weight is 474 g/mol. The number of hydrogen-bond acceptors (Lipinski definition) is 7. The number of halogens is 4. The molecule has 1 N–H and O–H groups in total. The van der Waals surface area contributed by atoms with Crippen molar-refractivity contribution in [3.05, 3.63) is 100 Å². The van der Waals surface area contributed by atoms with Crippen LogP contribution in [-0.2, 0) is 18.1 Å². The fourth-order valence-electron chi connectivity index (χ4n) is 3.40. The first kappa shape index (κ1) is 22.9. The van der Waals surface area contributed by atoms with Crippen molar-refractivity contribution in [1.29, 1.82) is 0 Å². The van der Waals surface area contributed by atoms with Gasteiger partial charge in [-0.25, -0.2) is 13.5 Å². The van der Waals surface area contributed by atoms with E-state index in [0.717, 1.165) is 29.3 Å². The molecule has 0 aliphatic rings. The highest BCUT2D eigenvalue weighted by molar-refractivity contribution is 5.64. The van der Waals surface area contributed by atoms with Gasteiger partial charge in [-0.15, -0.1) is 5.10 Å².